The van der Waals surface area contributed by atoms with Crippen LogP contribution in [0.2, 0.25) is 0 Å². The van der Waals surface area contributed by atoms with Crippen LogP contribution in [-0.4, -0.2) is 61.5 Å². The molecule has 0 atom stereocenters. The molecule has 2 heterocycles. The first kappa shape index (κ1) is 48.1. The molecule has 22 heteroatoms. The standard InChI is InChI=1S/C22H21F3N2O3S.C17H19F3N2O6S2/c1-22(2,3)30-21(28)27(11-13-5-7-14(29-4)8-6-13)20-26-17(12-31-20)15-9-10-16(23)19(25)18(15)24;1-16(2,3)27-15(23)22(9-11-5-7-12(26-4)8-6-11)14-21-13(10-29-14)28-30(24,25)17(18,19)20/h5-10,12H,11H2,1-4H3;5-8,10H,9H2,1-4H3. The molecule has 0 bridgehead atoms. The van der Waals surface area contributed by atoms with E-state index >= 15 is 0 Å². The summed E-state index contributed by atoms with van der Waals surface area (Å²) in [6.07, 6.45) is -1.46. The molecular weight excluding hydrogens is 879 g/mol. The van der Waals surface area contributed by atoms with Crippen LogP contribution in [-0.2, 0) is 32.7 Å². The predicted molar refractivity (Wildman–Crippen MR) is 216 cm³/mol. The first-order chi connectivity index (χ1) is 28.3. The monoisotopic (exact) mass is 918 g/mol. The predicted octanol–water partition coefficient (Wildman–Crippen LogP) is 10.5. The Kier molecular flexibility index (Phi) is 15.3. The average molecular weight is 919 g/mol. The first-order valence-corrected chi connectivity index (χ1v) is 20.8. The second kappa shape index (κ2) is 19.4. The van der Waals surface area contributed by atoms with Gasteiger partial charge in [-0.05, 0) is 89.1 Å². The molecule has 0 fully saturated rings. The van der Waals surface area contributed by atoms with Crippen LogP contribution in [0.1, 0.15) is 52.7 Å². The second-order valence-electron chi connectivity index (χ2n) is 14.5. The number of halogens is 6. The Morgan fingerprint density at radius 2 is 1.10 bits per heavy atom. The molecule has 3 aromatic carbocycles. The molecule has 13 nitrogen and oxygen atoms in total. The van der Waals surface area contributed by atoms with Crippen LogP contribution in [0.15, 0.2) is 71.4 Å². The molecule has 0 aliphatic carbocycles. The topological polar surface area (TPSA) is 147 Å². The Bertz CT molecular complexity index is 2400. The molecular formula is C39H40F6N4O9S3. The summed E-state index contributed by atoms with van der Waals surface area (Å²) in [7, 11) is -2.84. The van der Waals surface area contributed by atoms with Gasteiger partial charge in [0.25, 0.3) is 0 Å². The summed E-state index contributed by atoms with van der Waals surface area (Å²) in [5.41, 5.74) is -5.91. The fraction of sp³-hybridized carbons (Fsp3) is 0.333. The number of ether oxygens (including phenoxy) is 4. The van der Waals surface area contributed by atoms with Crippen LogP contribution in [0, 0.1) is 17.5 Å². The molecule has 5 rings (SSSR count). The first-order valence-electron chi connectivity index (χ1n) is 17.6. The molecule has 0 aliphatic rings. The van der Waals surface area contributed by atoms with Gasteiger partial charge in [0.15, 0.2) is 27.7 Å². The summed E-state index contributed by atoms with van der Waals surface area (Å²) in [6.45, 7) is 10.2. The lowest BCUT2D eigenvalue weighted by atomic mass is 10.1. The number of methoxy groups -OCH3 is 2. The lowest BCUT2D eigenvalue weighted by Crippen LogP contribution is -2.36. The molecule has 0 spiro atoms. The molecule has 0 N–H and O–H groups in total. The van der Waals surface area contributed by atoms with Crippen molar-refractivity contribution in [2.75, 3.05) is 24.0 Å². The quantitative estimate of drug-likeness (QED) is 0.0540. The van der Waals surface area contributed by atoms with Gasteiger partial charge in [0.2, 0.25) is 5.88 Å². The lowest BCUT2D eigenvalue weighted by molar-refractivity contribution is -0.0501. The normalized spacial score (nSPS) is 11.8. The SMILES string of the molecule is COc1ccc(CN(C(=O)OC(C)(C)C)c2nc(-c3ccc(F)c(F)c3F)cs2)cc1.COc1ccc(CN(C(=O)OC(C)(C)C)c2nc(OS(=O)(=O)C(F)(F)F)cs2)cc1. The Morgan fingerprint density at radius 1 is 0.656 bits per heavy atom. The van der Waals surface area contributed by atoms with Crippen LogP contribution in [0.25, 0.3) is 11.3 Å². The van der Waals surface area contributed by atoms with Gasteiger partial charge >= 0.3 is 27.8 Å². The summed E-state index contributed by atoms with van der Waals surface area (Å²) < 4.78 is 126. The lowest BCUT2D eigenvalue weighted by Gasteiger charge is -2.26. The van der Waals surface area contributed by atoms with Crippen LogP contribution in [0.4, 0.5) is 46.2 Å². The Morgan fingerprint density at radius 3 is 1.52 bits per heavy atom. The number of alkyl halides is 3. The van der Waals surface area contributed by atoms with Gasteiger partial charge in [-0.2, -0.15) is 26.6 Å². The number of rotatable bonds is 11. The largest absolute Gasteiger partial charge is 0.534 e. The summed E-state index contributed by atoms with van der Waals surface area (Å²) in [6, 6.07) is 15.7. The molecule has 2 amide bonds. The molecule has 0 unspecified atom stereocenters. The Labute approximate surface area is 355 Å². The van der Waals surface area contributed by atoms with E-state index in [1.807, 2.05) is 0 Å². The van der Waals surface area contributed by atoms with Crippen molar-refractivity contribution in [3.63, 3.8) is 0 Å². The van der Waals surface area contributed by atoms with Gasteiger partial charge in [0.1, 0.15) is 22.7 Å². The van der Waals surface area contributed by atoms with Gasteiger partial charge in [-0.1, -0.05) is 24.3 Å². The summed E-state index contributed by atoms with van der Waals surface area (Å²) in [5.74, 6) is -3.75. The van der Waals surface area contributed by atoms with E-state index in [0.717, 1.165) is 50.6 Å². The maximum Gasteiger partial charge on any atom is 0.534 e. The van der Waals surface area contributed by atoms with E-state index in [4.69, 9.17) is 18.9 Å². The molecule has 0 saturated heterocycles. The number of hydrogen-bond donors (Lipinski definition) is 0. The van der Waals surface area contributed by atoms with Gasteiger partial charge < -0.3 is 23.1 Å². The van der Waals surface area contributed by atoms with Crippen LogP contribution < -0.4 is 23.5 Å². The van der Waals surface area contributed by atoms with E-state index < -0.39 is 62.3 Å². The van der Waals surface area contributed by atoms with Crippen molar-refractivity contribution < 1.29 is 67.5 Å². The molecule has 2 aromatic heterocycles. The smallest absolute Gasteiger partial charge is 0.497 e. The number of benzene rings is 3. The molecule has 0 saturated carbocycles. The van der Waals surface area contributed by atoms with Crippen LogP contribution in [0.5, 0.6) is 17.4 Å². The summed E-state index contributed by atoms with van der Waals surface area (Å²) in [5, 5.41) is 2.54. The highest BCUT2D eigenvalue weighted by atomic mass is 32.2. The number of aromatic nitrogens is 2. The van der Waals surface area contributed by atoms with E-state index in [-0.39, 0.29) is 34.6 Å². The van der Waals surface area contributed by atoms with Crippen LogP contribution in [0.3, 0.4) is 0 Å². The number of thiazole rings is 2. The summed E-state index contributed by atoms with van der Waals surface area (Å²) in [4.78, 5) is 35.9. The second-order valence-corrected chi connectivity index (χ2v) is 17.7. The highest BCUT2D eigenvalue weighted by Gasteiger charge is 2.49. The Balaban J connectivity index is 0.000000269. The van der Waals surface area contributed by atoms with Crippen molar-refractivity contribution in [3.8, 4) is 28.6 Å². The zero-order valence-electron chi connectivity index (χ0n) is 33.8. The van der Waals surface area contributed by atoms with E-state index in [1.165, 1.54) is 17.4 Å². The number of nitrogens with zero attached hydrogens (tertiary/aromatic N) is 4. The van der Waals surface area contributed by atoms with E-state index in [2.05, 4.69) is 14.2 Å². The van der Waals surface area contributed by atoms with Gasteiger partial charge in [-0.3, -0.25) is 0 Å². The Hall–Kier alpha value is -5.61. The zero-order chi connectivity index (χ0) is 45.5. The van der Waals surface area contributed by atoms with Crippen molar-refractivity contribution in [1.29, 1.82) is 0 Å². The van der Waals surface area contributed by atoms with Crippen molar-refractivity contribution >= 4 is 55.2 Å². The number of anilines is 2. The summed E-state index contributed by atoms with van der Waals surface area (Å²) >= 11 is 1.78. The number of amides is 2. The molecule has 0 aliphatic heterocycles. The van der Waals surface area contributed by atoms with Gasteiger partial charge in [-0.25, -0.2) is 37.5 Å². The van der Waals surface area contributed by atoms with Crippen molar-refractivity contribution in [2.24, 2.45) is 0 Å². The minimum atomic E-state index is -5.88. The number of hydrogen-bond acceptors (Lipinski definition) is 13. The maximum absolute atomic E-state index is 14.2. The fourth-order valence-corrected chi connectivity index (χ4v) is 6.69. The number of carbonyl (C=O) groups is 2. The number of carbonyl (C=O) groups excluding carboxylic acids is 2. The highest BCUT2D eigenvalue weighted by molar-refractivity contribution is 7.88. The molecule has 0 radical (unpaired) electrons. The van der Waals surface area contributed by atoms with E-state index in [9.17, 15) is 44.3 Å². The van der Waals surface area contributed by atoms with Crippen molar-refractivity contribution in [3.05, 3.63) is 100 Å². The van der Waals surface area contributed by atoms with Gasteiger partial charge in [0.05, 0.1) is 38.4 Å². The minimum Gasteiger partial charge on any atom is -0.497 e. The van der Waals surface area contributed by atoms with Crippen LogP contribution >= 0.6 is 22.7 Å². The molecule has 5 aromatic rings. The zero-order valence-corrected chi connectivity index (χ0v) is 36.2. The van der Waals surface area contributed by atoms with Crippen molar-refractivity contribution in [2.45, 2.75) is 71.3 Å². The third-order valence-electron chi connectivity index (χ3n) is 7.44. The average Bonchev–Trinajstić information content (AvgIpc) is 3.84. The third kappa shape index (κ3) is 13.4. The third-order valence-corrected chi connectivity index (χ3v) is 10.1. The minimum absolute atomic E-state index is 0.0438. The van der Waals surface area contributed by atoms with Gasteiger partial charge in [0, 0.05) is 10.9 Å². The molecule has 61 heavy (non-hydrogen) atoms. The van der Waals surface area contributed by atoms with Crippen molar-refractivity contribution in [1.82, 2.24) is 9.97 Å². The molecule has 330 valence electrons. The fourth-order valence-electron chi connectivity index (χ4n) is 4.69. The van der Waals surface area contributed by atoms with Gasteiger partial charge in [-0.15, -0.1) is 22.7 Å². The highest BCUT2D eigenvalue weighted by Crippen LogP contribution is 2.34. The maximum atomic E-state index is 14.2. The van der Waals surface area contributed by atoms with E-state index in [1.54, 1.807) is 97.2 Å². The van der Waals surface area contributed by atoms with E-state index in [0.29, 0.717) is 17.1 Å².